The molecule has 118 valence electrons. The zero-order valence-electron chi connectivity index (χ0n) is 13.7. The molecular formula is C16H32N2O2. The maximum absolute atomic E-state index is 12.1. The van der Waals surface area contributed by atoms with Crippen LogP contribution in [0.25, 0.3) is 0 Å². The van der Waals surface area contributed by atoms with Gasteiger partial charge in [0.2, 0.25) is 0 Å². The Balaban J connectivity index is 2.62. The summed E-state index contributed by atoms with van der Waals surface area (Å²) in [7, 11) is 1.48. The second-order valence-electron chi connectivity index (χ2n) is 6.23. The number of carbonyl (C=O) groups excluding carboxylic acids is 1. The Hall–Kier alpha value is -0.610. The third-order valence-corrected chi connectivity index (χ3v) is 4.46. The van der Waals surface area contributed by atoms with Crippen molar-refractivity contribution >= 4 is 5.97 Å². The smallest absolute Gasteiger partial charge is 0.327 e. The second-order valence-corrected chi connectivity index (χ2v) is 6.23. The molecule has 2 unspecified atom stereocenters. The second kappa shape index (κ2) is 8.63. The van der Waals surface area contributed by atoms with E-state index in [1.165, 1.54) is 32.8 Å². The van der Waals surface area contributed by atoms with Gasteiger partial charge in [-0.3, -0.25) is 4.79 Å². The number of nitrogens with one attached hydrogen (secondary N) is 1. The van der Waals surface area contributed by atoms with Gasteiger partial charge in [0.15, 0.2) is 0 Å². The van der Waals surface area contributed by atoms with E-state index in [-0.39, 0.29) is 5.97 Å². The number of esters is 1. The molecule has 0 aromatic heterocycles. The molecule has 0 aliphatic carbocycles. The fraction of sp³-hybridized carbons (Fsp3) is 0.938. The summed E-state index contributed by atoms with van der Waals surface area (Å²) in [6.07, 6.45) is 6.11. The minimum atomic E-state index is -0.586. The number of hydrogen-bond acceptors (Lipinski definition) is 4. The topological polar surface area (TPSA) is 41.6 Å². The molecule has 1 aliphatic heterocycles. The molecule has 1 fully saturated rings. The van der Waals surface area contributed by atoms with E-state index in [1.54, 1.807) is 0 Å². The molecule has 0 aromatic carbocycles. The van der Waals surface area contributed by atoms with Crippen LogP contribution in [0.5, 0.6) is 0 Å². The van der Waals surface area contributed by atoms with E-state index in [9.17, 15) is 4.79 Å². The lowest BCUT2D eigenvalue weighted by Gasteiger charge is -2.33. The Morgan fingerprint density at radius 2 is 2.10 bits per heavy atom. The molecule has 4 nitrogen and oxygen atoms in total. The van der Waals surface area contributed by atoms with Gasteiger partial charge in [-0.2, -0.15) is 0 Å². The van der Waals surface area contributed by atoms with Gasteiger partial charge >= 0.3 is 5.97 Å². The van der Waals surface area contributed by atoms with E-state index in [4.69, 9.17) is 4.74 Å². The first-order valence-corrected chi connectivity index (χ1v) is 8.11. The lowest BCUT2D eigenvalue weighted by molar-refractivity contribution is -0.148. The maximum Gasteiger partial charge on any atom is 0.327 e. The summed E-state index contributed by atoms with van der Waals surface area (Å²) in [5.74, 6) is 0.704. The number of nitrogens with zero attached hydrogens (tertiary/aromatic N) is 1. The average molecular weight is 284 g/mol. The minimum absolute atomic E-state index is 0.151. The van der Waals surface area contributed by atoms with Gasteiger partial charge in [-0.1, -0.05) is 20.3 Å². The van der Waals surface area contributed by atoms with Gasteiger partial charge in [0.25, 0.3) is 0 Å². The quantitative estimate of drug-likeness (QED) is 0.729. The van der Waals surface area contributed by atoms with Crippen molar-refractivity contribution < 1.29 is 9.53 Å². The third kappa shape index (κ3) is 5.06. The van der Waals surface area contributed by atoms with E-state index in [0.717, 1.165) is 38.5 Å². The molecule has 1 aliphatic rings. The Kier molecular flexibility index (Phi) is 7.52. The Bertz CT molecular complexity index is 296. The molecule has 0 aromatic rings. The van der Waals surface area contributed by atoms with Crippen LogP contribution in [-0.2, 0) is 9.53 Å². The van der Waals surface area contributed by atoms with Gasteiger partial charge in [0.05, 0.1) is 7.11 Å². The maximum atomic E-state index is 12.1. The summed E-state index contributed by atoms with van der Waals surface area (Å²) in [4.78, 5) is 14.5. The molecule has 0 amide bonds. The Morgan fingerprint density at radius 1 is 1.35 bits per heavy atom. The summed E-state index contributed by atoms with van der Waals surface area (Å²) in [6, 6.07) is 0. The van der Waals surface area contributed by atoms with E-state index in [0.29, 0.717) is 0 Å². The number of likely N-dealkylation sites (tertiary alicyclic amines) is 1. The van der Waals surface area contributed by atoms with E-state index < -0.39 is 5.54 Å². The number of methoxy groups -OCH3 is 1. The fourth-order valence-corrected chi connectivity index (χ4v) is 3.06. The van der Waals surface area contributed by atoms with Crippen LogP contribution in [0.1, 0.15) is 52.9 Å². The van der Waals surface area contributed by atoms with Gasteiger partial charge in [-0.05, 0) is 58.2 Å². The zero-order valence-corrected chi connectivity index (χ0v) is 13.7. The van der Waals surface area contributed by atoms with Crippen LogP contribution >= 0.6 is 0 Å². The first-order chi connectivity index (χ1) is 9.55. The summed E-state index contributed by atoms with van der Waals surface area (Å²) >= 11 is 0. The molecule has 0 bridgehead atoms. The molecule has 1 saturated heterocycles. The molecule has 1 N–H and O–H groups in total. The number of carbonyl (C=O) groups is 1. The first kappa shape index (κ1) is 17.4. The highest BCUT2D eigenvalue weighted by atomic mass is 16.5. The lowest BCUT2D eigenvalue weighted by Crippen LogP contribution is -2.57. The largest absolute Gasteiger partial charge is 0.468 e. The van der Waals surface area contributed by atoms with Crippen LogP contribution in [0.4, 0.5) is 0 Å². The van der Waals surface area contributed by atoms with Crippen molar-refractivity contribution in [2.75, 3.05) is 33.3 Å². The van der Waals surface area contributed by atoms with Gasteiger partial charge in [-0.15, -0.1) is 0 Å². The standard InChI is InChI=1S/C16H32N2O2/c1-5-10-17-16(3,15(19)20-4)13-18-11-7-8-14(6-2)9-12-18/h14,17H,5-13H2,1-4H3. The molecule has 0 spiro atoms. The Labute approximate surface area is 124 Å². The predicted octanol–water partition coefficient (Wildman–Crippen LogP) is 2.43. The molecule has 2 atom stereocenters. The number of ether oxygens (including phenoxy) is 1. The number of rotatable bonds is 7. The molecule has 1 rings (SSSR count). The fourth-order valence-electron chi connectivity index (χ4n) is 3.06. The van der Waals surface area contributed by atoms with Crippen molar-refractivity contribution in [1.29, 1.82) is 0 Å². The van der Waals surface area contributed by atoms with Gasteiger partial charge < -0.3 is 15.0 Å². The Morgan fingerprint density at radius 3 is 2.70 bits per heavy atom. The minimum Gasteiger partial charge on any atom is -0.468 e. The molecular weight excluding hydrogens is 252 g/mol. The van der Waals surface area contributed by atoms with E-state index >= 15 is 0 Å². The van der Waals surface area contributed by atoms with Crippen LogP contribution in [0.2, 0.25) is 0 Å². The van der Waals surface area contributed by atoms with Gasteiger partial charge in [0.1, 0.15) is 5.54 Å². The van der Waals surface area contributed by atoms with E-state index in [1.807, 2.05) is 6.92 Å². The predicted molar refractivity (Wildman–Crippen MR) is 82.8 cm³/mol. The highest BCUT2D eigenvalue weighted by Crippen LogP contribution is 2.21. The van der Waals surface area contributed by atoms with Gasteiger partial charge in [0, 0.05) is 6.54 Å². The number of hydrogen-bond donors (Lipinski definition) is 1. The monoisotopic (exact) mass is 284 g/mol. The van der Waals surface area contributed by atoms with Crippen molar-refractivity contribution in [2.45, 2.75) is 58.4 Å². The van der Waals surface area contributed by atoms with Crippen LogP contribution in [0.15, 0.2) is 0 Å². The lowest BCUT2D eigenvalue weighted by atomic mass is 9.98. The molecule has 1 heterocycles. The van der Waals surface area contributed by atoms with Crippen LogP contribution in [0, 0.1) is 5.92 Å². The van der Waals surface area contributed by atoms with Crippen molar-refractivity contribution in [3.63, 3.8) is 0 Å². The molecule has 0 radical (unpaired) electrons. The van der Waals surface area contributed by atoms with Crippen LogP contribution in [0.3, 0.4) is 0 Å². The van der Waals surface area contributed by atoms with Crippen molar-refractivity contribution in [1.82, 2.24) is 10.2 Å². The van der Waals surface area contributed by atoms with Crippen molar-refractivity contribution in [3.8, 4) is 0 Å². The molecule has 20 heavy (non-hydrogen) atoms. The third-order valence-electron chi connectivity index (χ3n) is 4.46. The van der Waals surface area contributed by atoms with Crippen molar-refractivity contribution in [2.24, 2.45) is 5.92 Å². The van der Waals surface area contributed by atoms with E-state index in [2.05, 4.69) is 24.1 Å². The van der Waals surface area contributed by atoms with Crippen LogP contribution < -0.4 is 5.32 Å². The highest BCUT2D eigenvalue weighted by Gasteiger charge is 2.36. The SMILES string of the molecule is CCCNC(C)(CN1CCCC(CC)CC1)C(=O)OC. The molecule has 0 saturated carbocycles. The normalized spacial score (nSPS) is 23.9. The van der Waals surface area contributed by atoms with Gasteiger partial charge in [-0.25, -0.2) is 0 Å². The highest BCUT2D eigenvalue weighted by molar-refractivity contribution is 5.80. The van der Waals surface area contributed by atoms with Crippen molar-refractivity contribution in [3.05, 3.63) is 0 Å². The summed E-state index contributed by atoms with van der Waals surface area (Å²) in [5.41, 5.74) is -0.586. The average Bonchev–Trinajstić information content (AvgIpc) is 2.69. The molecule has 4 heteroatoms. The first-order valence-electron chi connectivity index (χ1n) is 8.11. The zero-order chi connectivity index (χ0) is 15.0. The van der Waals surface area contributed by atoms with Crippen LogP contribution in [-0.4, -0.2) is 49.7 Å². The summed E-state index contributed by atoms with van der Waals surface area (Å²) in [5, 5.41) is 3.37. The summed E-state index contributed by atoms with van der Waals surface area (Å²) in [6.45, 7) is 10.1. The summed E-state index contributed by atoms with van der Waals surface area (Å²) < 4.78 is 5.00.